The van der Waals surface area contributed by atoms with Crippen molar-refractivity contribution in [1.82, 2.24) is 0 Å². The third kappa shape index (κ3) is 3.86. The van der Waals surface area contributed by atoms with Gasteiger partial charge in [-0.3, -0.25) is 14.4 Å². The zero-order valence-corrected chi connectivity index (χ0v) is 16.5. The van der Waals surface area contributed by atoms with Crippen molar-refractivity contribution >= 4 is 58.1 Å². The molecule has 0 aromatic heterocycles. The van der Waals surface area contributed by atoms with Crippen molar-refractivity contribution in [2.24, 2.45) is 0 Å². The van der Waals surface area contributed by atoms with Crippen LogP contribution in [0, 0.1) is 0 Å². The summed E-state index contributed by atoms with van der Waals surface area (Å²) in [6.45, 7) is 0.645. The lowest BCUT2D eigenvalue weighted by atomic mass is 10.2. The maximum atomic E-state index is 12.6. The summed E-state index contributed by atoms with van der Waals surface area (Å²) >= 11 is 7.31. The van der Waals surface area contributed by atoms with Gasteiger partial charge in [0.25, 0.3) is 0 Å². The van der Waals surface area contributed by atoms with E-state index in [1.165, 1.54) is 11.8 Å². The van der Waals surface area contributed by atoms with Crippen LogP contribution in [0.3, 0.4) is 0 Å². The number of fused-ring (bicyclic) bond motifs is 1. The summed E-state index contributed by atoms with van der Waals surface area (Å²) in [5.74, 6) is -0.443. The van der Waals surface area contributed by atoms with E-state index in [9.17, 15) is 14.4 Å². The highest BCUT2D eigenvalue weighted by Crippen LogP contribution is 2.38. The number of amides is 3. The van der Waals surface area contributed by atoms with Gasteiger partial charge in [0.15, 0.2) is 0 Å². The van der Waals surface area contributed by atoms with E-state index in [1.54, 1.807) is 23.1 Å². The number of halogens is 1. The summed E-state index contributed by atoms with van der Waals surface area (Å²) in [6, 6.07) is 12.5. The third-order valence-corrected chi connectivity index (χ3v) is 6.18. The number of hydrogen-bond acceptors (Lipinski definition) is 4. The minimum absolute atomic E-state index is 0.0286. The second-order valence-corrected chi connectivity index (χ2v) is 8.34. The van der Waals surface area contributed by atoms with E-state index in [0.717, 1.165) is 11.3 Å². The van der Waals surface area contributed by atoms with Crippen molar-refractivity contribution in [2.45, 2.75) is 29.4 Å². The van der Waals surface area contributed by atoms with E-state index in [1.807, 2.05) is 24.3 Å². The fourth-order valence-electron chi connectivity index (χ4n) is 3.34. The largest absolute Gasteiger partial charge is 0.324 e. The Bertz CT molecular complexity index is 965. The number of nitrogens with zero attached hydrogens (tertiary/aromatic N) is 1. The third-order valence-electron chi connectivity index (χ3n) is 4.67. The molecule has 28 heavy (non-hydrogen) atoms. The first-order chi connectivity index (χ1) is 13.5. The lowest BCUT2D eigenvalue weighted by Crippen LogP contribution is -2.33. The molecular weight excluding hydrogens is 398 g/mol. The van der Waals surface area contributed by atoms with Crippen LogP contribution in [0.1, 0.15) is 19.3 Å². The summed E-state index contributed by atoms with van der Waals surface area (Å²) in [5.41, 5.74) is 1.94. The highest BCUT2D eigenvalue weighted by molar-refractivity contribution is 8.01. The van der Waals surface area contributed by atoms with Crippen molar-refractivity contribution in [3.63, 3.8) is 0 Å². The van der Waals surface area contributed by atoms with Gasteiger partial charge in [0.1, 0.15) is 0 Å². The lowest BCUT2D eigenvalue weighted by molar-refractivity contribution is -0.120. The van der Waals surface area contributed by atoms with Crippen LogP contribution in [-0.4, -0.2) is 29.5 Å². The molecule has 0 bridgehead atoms. The molecule has 2 aromatic carbocycles. The molecule has 3 amide bonds. The van der Waals surface area contributed by atoms with E-state index in [2.05, 4.69) is 10.6 Å². The van der Waals surface area contributed by atoms with Crippen LogP contribution >= 0.6 is 23.4 Å². The zero-order valence-electron chi connectivity index (χ0n) is 14.9. The van der Waals surface area contributed by atoms with E-state index in [0.29, 0.717) is 35.1 Å². The summed E-state index contributed by atoms with van der Waals surface area (Å²) in [5, 5.41) is 5.68. The van der Waals surface area contributed by atoms with Crippen molar-refractivity contribution in [3.05, 3.63) is 47.5 Å². The average Bonchev–Trinajstić information content (AvgIpc) is 3.09. The quantitative estimate of drug-likeness (QED) is 0.793. The lowest BCUT2D eigenvalue weighted by Gasteiger charge is -2.24. The van der Waals surface area contributed by atoms with Gasteiger partial charge in [-0.05, 0) is 36.8 Å². The molecule has 0 unspecified atom stereocenters. The molecule has 2 N–H and O–H groups in total. The summed E-state index contributed by atoms with van der Waals surface area (Å²) in [6.07, 6.45) is 1.36. The standard InChI is InChI=1S/C20H18ClN3O3S/c21-12-7-8-16-14(10-12)23-20(27)17(28-16)11-18(25)22-13-4-1-2-5-15(13)24-9-3-6-19(24)26/h1-2,4-5,7-8,10,17H,3,6,9,11H2,(H,22,25)(H,23,27)/t17-/m1/s1. The topological polar surface area (TPSA) is 78.5 Å². The van der Waals surface area contributed by atoms with Crippen LogP contribution in [0.15, 0.2) is 47.4 Å². The number of anilines is 3. The van der Waals surface area contributed by atoms with Crippen LogP contribution in [0.5, 0.6) is 0 Å². The van der Waals surface area contributed by atoms with E-state index in [4.69, 9.17) is 11.6 Å². The van der Waals surface area contributed by atoms with Crippen LogP contribution in [0.4, 0.5) is 17.1 Å². The molecule has 6 nitrogen and oxygen atoms in total. The van der Waals surface area contributed by atoms with Crippen LogP contribution in [-0.2, 0) is 14.4 Å². The van der Waals surface area contributed by atoms with Crippen molar-refractivity contribution in [2.75, 3.05) is 22.1 Å². The second kappa shape index (κ2) is 7.85. The monoisotopic (exact) mass is 415 g/mol. The van der Waals surface area contributed by atoms with Crippen LogP contribution < -0.4 is 15.5 Å². The molecule has 4 rings (SSSR count). The number of carbonyl (C=O) groups excluding carboxylic acids is 3. The summed E-state index contributed by atoms with van der Waals surface area (Å²) in [4.78, 5) is 39.6. The van der Waals surface area contributed by atoms with Crippen molar-refractivity contribution in [1.29, 1.82) is 0 Å². The smallest absolute Gasteiger partial charge is 0.238 e. The molecule has 0 radical (unpaired) electrons. The first-order valence-corrected chi connectivity index (χ1v) is 10.2. The Morgan fingerprint density at radius 1 is 1.25 bits per heavy atom. The number of thioether (sulfide) groups is 1. The first-order valence-electron chi connectivity index (χ1n) is 8.97. The summed E-state index contributed by atoms with van der Waals surface area (Å²) < 4.78 is 0. The number of para-hydroxylation sites is 2. The van der Waals surface area contributed by atoms with Gasteiger partial charge < -0.3 is 15.5 Å². The van der Waals surface area contributed by atoms with Gasteiger partial charge in [0, 0.05) is 29.3 Å². The number of benzene rings is 2. The van der Waals surface area contributed by atoms with Gasteiger partial charge in [0.05, 0.1) is 22.3 Å². The zero-order chi connectivity index (χ0) is 19.7. The highest BCUT2D eigenvalue weighted by atomic mass is 35.5. The molecule has 2 aliphatic rings. The van der Waals surface area contributed by atoms with Crippen molar-refractivity contribution in [3.8, 4) is 0 Å². The number of nitrogens with one attached hydrogen (secondary N) is 2. The molecule has 144 valence electrons. The molecule has 1 fully saturated rings. The molecule has 0 saturated carbocycles. The van der Waals surface area contributed by atoms with Gasteiger partial charge in [-0.25, -0.2) is 0 Å². The molecule has 1 saturated heterocycles. The minimum atomic E-state index is -0.533. The van der Waals surface area contributed by atoms with Crippen LogP contribution in [0.25, 0.3) is 0 Å². The van der Waals surface area contributed by atoms with Gasteiger partial charge in [0.2, 0.25) is 17.7 Å². The highest BCUT2D eigenvalue weighted by Gasteiger charge is 2.30. The molecule has 2 aliphatic heterocycles. The predicted molar refractivity (Wildman–Crippen MR) is 111 cm³/mol. The molecule has 0 aliphatic carbocycles. The maximum absolute atomic E-state index is 12.6. The Hall–Kier alpha value is -2.51. The van der Waals surface area contributed by atoms with Crippen molar-refractivity contribution < 1.29 is 14.4 Å². The molecule has 8 heteroatoms. The number of carbonyl (C=O) groups is 3. The molecule has 2 heterocycles. The Balaban J connectivity index is 1.46. The normalized spacial score (nSPS) is 18.6. The van der Waals surface area contributed by atoms with Gasteiger partial charge in [-0.2, -0.15) is 0 Å². The Kier molecular flexibility index (Phi) is 5.28. The second-order valence-electron chi connectivity index (χ2n) is 6.65. The Morgan fingerprint density at radius 3 is 2.86 bits per heavy atom. The molecular formula is C20H18ClN3O3S. The molecule has 1 atom stereocenters. The number of hydrogen-bond donors (Lipinski definition) is 2. The summed E-state index contributed by atoms with van der Waals surface area (Å²) in [7, 11) is 0. The van der Waals surface area contributed by atoms with E-state index in [-0.39, 0.29) is 24.1 Å². The van der Waals surface area contributed by atoms with Gasteiger partial charge in [-0.15, -0.1) is 11.8 Å². The SMILES string of the molecule is O=C(C[C@H]1Sc2ccc(Cl)cc2NC1=O)Nc1ccccc1N1CCCC1=O. The minimum Gasteiger partial charge on any atom is -0.324 e. The first kappa shape index (κ1) is 18.8. The van der Waals surface area contributed by atoms with Gasteiger partial charge >= 0.3 is 0 Å². The molecule has 0 spiro atoms. The fraction of sp³-hybridized carbons (Fsp3) is 0.250. The van der Waals surface area contributed by atoms with Gasteiger partial charge in [-0.1, -0.05) is 23.7 Å². The van der Waals surface area contributed by atoms with Crippen LogP contribution in [0.2, 0.25) is 5.02 Å². The Labute approximate surface area is 171 Å². The fourth-order valence-corrected chi connectivity index (χ4v) is 4.61. The predicted octanol–water partition coefficient (Wildman–Crippen LogP) is 3.91. The maximum Gasteiger partial charge on any atom is 0.238 e. The number of rotatable bonds is 4. The van der Waals surface area contributed by atoms with E-state index < -0.39 is 5.25 Å². The van der Waals surface area contributed by atoms with E-state index >= 15 is 0 Å². The molecule has 2 aromatic rings. The average molecular weight is 416 g/mol. The Morgan fingerprint density at radius 2 is 2.07 bits per heavy atom.